The third-order valence-corrected chi connectivity index (χ3v) is 5.55. The van der Waals surface area contributed by atoms with Crippen LogP contribution >= 0.6 is 0 Å². The maximum absolute atomic E-state index is 12.3. The Balaban J connectivity index is 2.01. The van der Waals surface area contributed by atoms with Crippen molar-refractivity contribution in [2.24, 2.45) is 0 Å². The van der Waals surface area contributed by atoms with Crippen molar-refractivity contribution < 1.29 is 18.0 Å². The number of nitrogens with one attached hydrogen (secondary N) is 3. The number of aryl methyl sites for hydroxylation is 1. The van der Waals surface area contributed by atoms with Crippen molar-refractivity contribution in [2.75, 3.05) is 12.4 Å². The molecule has 0 unspecified atom stereocenters. The highest BCUT2D eigenvalue weighted by Crippen LogP contribution is 2.20. The number of amides is 2. The van der Waals surface area contributed by atoms with Crippen LogP contribution in [0.3, 0.4) is 0 Å². The van der Waals surface area contributed by atoms with Crippen molar-refractivity contribution in [1.29, 1.82) is 0 Å². The fourth-order valence-corrected chi connectivity index (χ4v) is 3.38. The van der Waals surface area contributed by atoms with Crippen LogP contribution in [0.5, 0.6) is 0 Å². The molecule has 0 saturated carbocycles. The van der Waals surface area contributed by atoms with Gasteiger partial charge >= 0.3 is 0 Å². The van der Waals surface area contributed by atoms with Crippen LogP contribution in [0.25, 0.3) is 6.08 Å². The summed E-state index contributed by atoms with van der Waals surface area (Å²) in [4.78, 5) is 24.4. The summed E-state index contributed by atoms with van der Waals surface area (Å²) in [6, 6.07) is 13.1. The Hall–Kier alpha value is -2.97. The predicted molar refractivity (Wildman–Crippen MR) is 109 cm³/mol. The van der Waals surface area contributed by atoms with Gasteiger partial charge in [0, 0.05) is 11.8 Å². The van der Waals surface area contributed by atoms with E-state index in [1.807, 2.05) is 30.3 Å². The molecular formula is C20H23N3O4S. The van der Waals surface area contributed by atoms with Gasteiger partial charge in [-0.05, 0) is 50.2 Å². The van der Waals surface area contributed by atoms with Crippen molar-refractivity contribution in [3.8, 4) is 0 Å². The minimum absolute atomic E-state index is 0.0790. The summed E-state index contributed by atoms with van der Waals surface area (Å²) in [6.45, 7) is 3.21. The Morgan fingerprint density at radius 3 is 2.39 bits per heavy atom. The molecule has 3 N–H and O–H groups in total. The van der Waals surface area contributed by atoms with E-state index >= 15 is 0 Å². The van der Waals surface area contributed by atoms with Gasteiger partial charge in [0.15, 0.2) is 0 Å². The number of carbonyl (C=O) groups excluding carboxylic acids is 2. The second-order valence-corrected chi connectivity index (χ2v) is 8.01. The summed E-state index contributed by atoms with van der Waals surface area (Å²) in [7, 11) is -2.32. The summed E-state index contributed by atoms with van der Waals surface area (Å²) in [5.74, 6) is -0.869. The van der Waals surface area contributed by atoms with Crippen LogP contribution < -0.4 is 15.4 Å². The molecular weight excluding hydrogens is 378 g/mol. The monoisotopic (exact) mass is 401 g/mol. The van der Waals surface area contributed by atoms with Crippen LogP contribution in [0.4, 0.5) is 5.69 Å². The fraction of sp³-hybridized carbons (Fsp3) is 0.200. The van der Waals surface area contributed by atoms with Crippen LogP contribution in [0.2, 0.25) is 0 Å². The number of carbonyl (C=O) groups is 2. The smallest absolute Gasteiger partial charge is 0.246 e. The summed E-state index contributed by atoms with van der Waals surface area (Å²) < 4.78 is 26.3. The van der Waals surface area contributed by atoms with Gasteiger partial charge in [-0.25, -0.2) is 13.1 Å². The van der Waals surface area contributed by atoms with Gasteiger partial charge in [0.25, 0.3) is 0 Å². The van der Waals surface area contributed by atoms with E-state index in [0.717, 1.165) is 5.56 Å². The van der Waals surface area contributed by atoms with Crippen LogP contribution in [0, 0.1) is 6.92 Å². The van der Waals surface area contributed by atoms with Gasteiger partial charge < -0.3 is 10.6 Å². The van der Waals surface area contributed by atoms with E-state index in [-0.39, 0.29) is 4.90 Å². The molecule has 0 aliphatic rings. The topological polar surface area (TPSA) is 104 Å². The Morgan fingerprint density at radius 1 is 1.07 bits per heavy atom. The van der Waals surface area contributed by atoms with Gasteiger partial charge in [0.2, 0.25) is 21.8 Å². The molecule has 2 aromatic rings. The van der Waals surface area contributed by atoms with E-state index in [1.165, 1.54) is 19.2 Å². The summed E-state index contributed by atoms with van der Waals surface area (Å²) in [6.07, 6.45) is 3.00. The first-order valence-electron chi connectivity index (χ1n) is 8.61. The number of rotatable bonds is 7. The first-order valence-corrected chi connectivity index (χ1v) is 10.1. The zero-order chi connectivity index (χ0) is 20.7. The first kappa shape index (κ1) is 21.3. The fourth-order valence-electron chi connectivity index (χ4n) is 2.39. The lowest BCUT2D eigenvalue weighted by Gasteiger charge is -2.14. The lowest BCUT2D eigenvalue weighted by Crippen LogP contribution is -2.40. The maximum Gasteiger partial charge on any atom is 0.246 e. The second-order valence-electron chi connectivity index (χ2n) is 6.15. The van der Waals surface area contributed by atoms with Crippen LogP contribution in [0.15, 0.2) is 59.5 Å². The highest BCUT2D eigenvalue weighted by atomic mass is 32.2. The number of hydrogen-bond donors (Lipinski definition) is 3. The van der Waals surface area contributed by atoms with Crippen LogP contribution in [-0.4, -0.2) is 33.3 Å². The molecule has 2 amide bonds. The van der Waals surface area contributed by atoms with Crippen molar-refractivity contribution >= 4 is 33.6 Å². The highest BCUT2D eigenvalue weighted by Gasteiger charge is 2.18. The van der Waals surface area contributed by atoms with E-state index in [4.69, 9.17) is 0 Å². The van der Waals surface area contributed by atoms with Crippen LogP contribution in [-0.2, 0) is 19.6 Å². The highest BCUT2D eigenvalue weighted by molar-refractivity contribution is 7.89. The van der Waals surface area contributed by atoms with E-state index in [9.17, 15) is 18.0 Å². The molecule has 2 rings (SSSR count). The van der Waals surface area contributed by atoms with Gasteiger partial charge in [0.1, 0.15) is 6.04 Å². The average molecular weight is 401 g/mol. The second kappa shape index (κ2) is 9.29. The lowest BCUT2D eigenvalue weighted by atomic mass is 10.2. The Kier molecular flexibility index (Phi) is 7.08. The molecule has 28 heavy (non-hydrogen) atoms. The average Bonchev–Trinajstić information content (AvgIpc) is 2.68. The molecule has 0 fully saturated rings. The molecule has 0 saturated heterocycles. The Bertz CT molecular complexity index is 986. The van der Waals surface area contributed by atoms with Gasteiger partial charge in [-0.3, -0.25) is 9.59 Å². The van der Waals surface area contributed by atoms with Crippen molar-refractivity contribution in [3.05, 3.63) is 65.7 Å². The van der Waals surface area contributed by atoms with E-state index in [2.05, 4.69) is 15.4 Å². The zero-order valence-electron chi connectivity index (χ0n) is 15.9. The molecule has 7 nitrogen and oxygen atoms in total. The molecule has 148 valence electrons. The van der Waals surface area contributed by atoms with Gasteiger partial charge in [-0.2, -0.15) is 0 Å². The Morgan fingerprint density at radius 2 is 1.75 bits per heavy atom. The molecule has 0 radical (unpaired) electrons. The molecule has 0 heterocycles. The van der Waals surface area contributed by atoms with Crippen molar-refractivity contribution in [2.45, 2.75) is 24.8 Å². The van der Waals surface area contributed by atoms with E-state index in [1.54, 1.807) is 32.1 Å². The van der Waals surface area contributed by atoms with Gasteiger partial charge in [0.05, 0.1) is 4.90 Å². The molecule has 0 aliphatic heterocycles. The van der Waals surface area contributed by atoms with Crippen molar-refractivity contribution in [3.63, 3.8) is 0 Å². The minimum atomic E-state index is -3.64. The largest absolute Gasteiger partial charge is 0.341 e. The quantitative estimate of drug-likeness (QED) is 0.618. The first-order chi connectivity index (χ1) is 13.2. The summed E-state index contributed by atoms with van der Waals surface area (Å²) in [5, 5.41) is 5.18. The normalized spacial score (nSPS) is 12.5. The number of anilines is 1. The SMILES string of the molecule is CNS(=O)(=O)c1cc(NC(=O)[C@H](C)NC(=O)/C=C/c2ccccc2)ccc1C. The maximum atomic E-state index is 12.3. The minimum Gasteiger partial charge on any atom is -0.341 e. The number of benzene rings is 2. The third-order valence-electron chi connectivity index (χ3n) is 3.99. The molecule has 1 atom stereocenters. The van der Waals surface area contributed by atoms with E-state index < -0.39 is 27.9 Å². The van der Waals surface area contributed by atoms with Gasteiger partial charge in [-0.1, -0.05) is 36.4 Å². The van der Waals surface area contributed by atoms with E-state index in [0.29, 0.717) is 11.3 Å². The molecule has 0 bridgehead atoms. The van der Waals surface area contributed by atoms with Gasteiger partial charge in [-0.15, -0.1) is 0 Å². The molecule has 2 aromatic carbocycles. The zero-order valence-corrected chi connectivity index (χ0v) is 16.7. The molecule has 0 spiro atoms. The predicted octanol–water partition coefficient (Wildman–Crippen LogP) is 2.06. The standard InChI is InChI=1S/C20H23N3O4S/c1-14-9-11-17(13-18(14)28(26,27)21-3)23-20(25)15(2)22-19(24)12-10-16-7-5-4-6-8-16/h4-13,15,21H,1-3H3,(H,22,24)(H,23,25)/b12-10+/t15-/m0/s1. The third kappa shape index (κ3) is 5.77. The molecule has 8 heteroatoms. The molecule has 0 aromatic heterocycles. The van der Waals surface area contributed by atoms with Crippen LogP contribution in [0.1, 0.15) is 18.1 Å². The number of sulfonamides is 1. The number of hydrogen-bond acceptors (Lipinski definition) is 4. The summed E-state index contributed by atoms with van der Waals surface area (Å²) >= 11 is 0. The molecule has 0 aliphatic carbocycles. The van der Waals surface area contributed by atoms with Crippen molar-refractivity contribution in [1.82, 2.24) is 10.0 Å². The Labute approximate surface area is 164 Å². The summed E-state index contributed by atoms with van der Waals surface area (Å²) in [5.41, 5.74) is 1.75. The lowest BCUT2D eigenvalue weighted by molar-refractivity contribution is -0.123.